The predicted octanol–water partition coefficient (Wildman–Crippen LogP) is 6.49. The molecule has 6 nitrogen and oxygen atoms in total. The third kappa shape index (κ3) is 5.73. The van der Waals surface area contributed by atoms with Crippen molar-refractivity contribution in [3.63, 3.8) is 0 Å². The van der Waals surface area contributed by atoms with E-state index in [-0.39, 0.29) is 23.2 Å². The van der Waals surface area contributed by atoms with Gasteiger partial charge in [0.05, 0.1) is 0 Å². The van der Waals surface area contributed by atoms with E-state index in [9.17, 15) is 19.4 Å². The van der Waals surface area contributed by atoms with Gasteiger partial charge >= 0.3 is 5.97 Å². The summed E-state index contributed by atoms with van der Waals surface area (Å²) in [6, 6.07) is 18.1. The predicted molar refractivity (Wildman–Crippen MR) is 153 cm³/mol. The molecular weight excluding hydrogens is 493 g/mol. The number of hydrogen-bond acceptors (Lipinski definition) is 5. The number of aromatic hydroxyl groups is 1. The Morgan fingerprint density at radius 1 is 1.05 bits per heavy atom. The SMILES string of the molecule is Cc1cc(CN2CCN(c3ccc(-c4cccc(F)c4)cn3)[C@H](CC(C)C)C2)cc2c(O)c(C(=O)O)ccc12. The average molecular weight is 528 g/mol. The zero-order valence-electron chi connectivity index (χ0n) is 22.6. The molecule has 0 aliphatic carbocycles. The van der Waals surface area contributed by atoms with Gasteiger partial charge < -0.3 is 15.1 Å². The molecule has 0 amide bonds. The highest BCUT2D eigenvalue weighted by atomic mass is 19.1. The summed E-state index contributed by atoms with van der Waals surface area (Å²) in [7, 11) is 0. The second-order valence-corrected chi connectivity index (χ2v) is 10.9. The fourth-order valence-corrected chi connectivity index (χ4v) is 5.71. The molecule has 3 aromatic carbocycles. The minimum atomic E-state index is -1.14. The Morgan fingerprint density at radius 2 is 1.87 bits per heavy atom. The second kappa shape index (κ2) is 11.0. The monoisotopic (exact) mass is 527 g/mol. The minimum absolute atomic E-state index is 0.0828. The molecule has 0 unspecified atom stereocenters. The van der Waals surface area contributed by atoms with Crippen LogP contribution in [-0.2, 0) is 6.54 Å². The first-order valence-corrected chi connectivity index (χ1v) is 13.4. The molecule has 1 atom stereocenters. The van der Waals surface area contributed by atoms with E-state index in [1.807, 2.05) is 37.4 Å². The van der Waals surface area contributed by atoms with Crippen molar-refractivity contribution in [2.75, 3.05) is 24.5 Å². The van der Waals surface area contributed by atoms with E-state index < -0.39 is 5.97 Å². The van der Waals surface area contributed by atoms with Gasteiger partial charge in [0.25, 0.3) is 0 Å². The van der Waals surface area contributed by atoms with Crippen LogP contribution in [0.5, 0.6) is 5.75 Å². The average Bonchev–Trinajstić information content (AvgIpc) is 2.89. The summed E-state index contributed by atoms with van der Waals surface area (Å²) < 4.78 is 13.7. The number of benzene rings is 3. The van der Waals surface area contributed by atoms with Gasteiger partial charge in [0.2, 0.25) is 0 Å². The zero-order chi connectivity index (χ0) is 27.7. The molecule has 5 rings (SSSR count). The summed E-state index contributed by atoms with van der Waals surface area (Å²) in [5.74, 6) is -0.141. The molecule has 39 heavy (non-hydrogen) atoms. The third-order valence-electron chi connectivity index (χ3n) is 7.52. The van der Waals surface area contributed by atoms with Crippen LogP contribution in [0.2, 0.25) is 0 Å². The number of hydrogen-bond donors (Lipinski definition) is 2. The molecule has 1 aromatic heterocycles. The van der Waals surface area contributed by atoms with Crippen molar-refractivity contribution >= 4 is 22.6 Å². The Morgan fingerprint density at radius 3 is 2.56 bits per heavy atom. The van der Waals surface area contributed by atoms with Crippen molar-refractivity contribution in [1.29, 1.82) is 0 Å². The lowest BCUT2D eigenvalue weighted by atomic mass is 9.97. The van der Waals surface area contributed by atoms with Gasteiger partial charge in [-0.25, -0.2) is 14.2 Å². The number of phenols is 1. The van der Waals surface area contributed by atoms with Crippen LogP contribution < -0.4 is 4.90 Å². The number of rotatable bonds is 7. The largest absolute Gasteiger partial charge is 0.506 e. The molecule has 0 bridgehead atoms. The van der Waals surface area contributed by atoms with Crippen LogP contribution in [0.4, 0.5) is 10.2 Å². The van der Waals surface area contributed by atoms with Gasteiger partial charge in [-0.3, -0.25) is 4.90 Å². The third-order valence-corrected chi connectivity index (χ3v) is 7.52. The number of anilines is 1. The van der Waals surface area contributed by atoms with E-state index in [1.165, 1.54) is 18.2 Å². The van der Waals surface area contributed by atoms with Crippen LogP contribution in [0.25, 0.3) is 21.9 Å². The molecule has 1 saturated heterocycles. The fourth-order valence-electron chi connectivity index (χ4n) is 5.71. The van der Waals surface area contributed by atoms with Crippen molar-refractivity contribution < 1.29 is 19.4 Å². The van der Waals surface area contributed by atoms with Crippen LogP contribution in [0.15, 0.2) is 66.9 Å². The van der Waals surface area contributed by atoms with Crippen molar-refractivity contribution in [3.8, 4) is 16.9 Å². The van der Waals surface area contributed by atoms with Gasteiger partial charge in [0.1, 0.15) is 22.9 Å². The second-order valence-electron chi connectivity index (χ2n) is 10.9. The number of aromatic carboxylic acids is 1. The lowest BCUT2D eigenvalue weighted by Crippen LogP contribution is -2.53. The molecule has 0 saturated carbocycles. The lowest BCUT2D eigenvalue weighted by Gasteiger charge is -2.43. The van der Waals surface area contributed by atoms with Gasteiger partial charge in [-0.05, 0) is 77.7 Å². The topological polar surface area (TPSA) is 76.9 Å². The highest BCUT2D eigenvalue weighted by molar-refractivity contribution is 6.01. The van der Waals surface area contributed by atoms with E-state index in [4.69, 9.17) is 4.98 Å². The van der Waals surface area contributed by atoms with E-state index in [2.05, 4.69) is 29.7 Å². The molecule has 1 aliphatic rings. The molecule has 1 fully saturated rings. The Balaban J connectivity index is 1.36. The summed E-state index contributed by atoms with van der Waals surface area (Å²) in [6.07, 6.45) is 2.84. The molecule has 0 radical (unpaired) electrons. The van der Waals surface area contributed by atoms with Gasteiger partial charge in [-0.2, -0.15) is 0 Å². The first kappa shape index (κ1) is 26.6. The van der Waals surface area contributed by atoms with E-state index in [1.54, 1.807) is 12.1 Å². The lowest BCUT2D eigenvalue weighted by molar-refractivity contribution is 0.0694. The van der Waals surface area contributed by atoms with Crippen molar-refractivity contribution in [1.82, 2.24) is 9.88 Å². The van der Waals surface area contributed by atoms with Crippen LogP contribution in [0, 0.1) is 18.7 Å². The van der Waals surface area contributed by atoms with Gasteiger partial charge in [0.15, 0.2) is 0 Å². The Bertz CT molecular complexity index is 1500. The number of nitrogens with zero attached hydrogens (tertiary/aromatic N) is 3. The molecule has 1 aliphatic heterocycles. The molecule has 202 valence electrons. The van der Waals surface area contributed by atoms with Gasteiger partial charge in [-0.15, -0.1) is 0 Å². The number of fused-ring (bicyclic) bond motifs is 1. The fraction of sp³-hybridized carbons (Fsp3) is 0.312. The number of aromatic nitrogens is 1. The normalized spacial score (nSPS) is 16.2. The summed E-state index contributed by atoms with van der Waals surface area (Å²) in [5, 5.41) is 21.5. The molecule has 7 heteroatoms. The first-order chi connectivity index (χ1) is 18.7. The number of aryl methyl sites for hydroxylation is 1. The summed E-state index contributed by atoms with van der Waals surface area (Å²) in [6.45, 7) is 9.70. The number of carboxylic acids is 1. The molecule has 2 heterocycles. The van der Waals surface area contributed by atoms with Gasteiger partial charge in [-0.1, -0.05) is 38.1 Å². The summed E-state index contributed by atoms with van der Waals surface area (Å²) in [5.41, 5.74) is 3.67. The molecular formula is C32H34FN3O3. The highest BCUT2D eigenvalue weighted by Gasteiger charge is 2.29. The zero-order valence-corrected chi connectivity index (χ0v) is 22.6. The quantitative estimate of drug-likeness (QED) is 0.286. The number of piperazine rings is 1. The molecule has 0 spiro atoms. The number of carbonyl (C=O) groups is 1. The highest BCUT2D eigenvalue weighted by Crippen LogP contribution is 2.33. The number of halogens is 1. The molecule has 2 N–H and O–H groups in total. The van der Waals surface area contributed by atoms with Gasteiger partial charge in [0, 0.05) is 49.4 Å². The van der Waals surface area contributed by atoms with Crippen molar-refractivity contribution in [3.05, 3.63) is 89.4 Å². The maximum Gasteiger partial charge on any atom is 0.339 e. The summed E-state index contributed by atoms with van der Waals surface area (Å²) >= 11 is 0. The van der Waals surface area contributed by atoms with Crippen LogP contribution in [0.1, 0.15) is 41.8 Å². The smallest absolute Gasteiger partial charge is 0.339 e. The van der Waals surface area contributed by atoms with E-state index >= 15 is 0 Å². The number of carboxylic acid groups (broad SMARTS) is 1. The first-order valence-electron chi connectivity index (χ1n) is 13.4. The van der Waals surface area contributed by atoms with Crippen molar-refractivity contribution in [2.24, 2.45) is 5.92 Å². The van der Waals surface area contributed by atoms with Crippen LogP contribution in [-0.4, -0.2) is 51.7 Å². The van der Waals surface area contributed by atoms with E-state index in [0.29, 0.717) is 17.8 Å². The minimum Gasteiger partial charge on any atom is -0.506 e. The maximum absolute atomic E-state index is 13.7. The molecule has 4 aromatic rings. The standard InChI is InChI=1S/C32H34FN3O3/c1-20(2)13-26-19-35(18-22-14-21(3)27-8-9-28(32(38)39)31(37)29(27)15-22)11-12-36(26)30-10-7-24(17-34-30)23-5-4-6-25(33)16-23/h4-10,14-17,20,26,37H,11-13,18-19H2,1-3H3,(H,38,39)/t26-/m1/s1. The Kier molecular flexibility index (Phi) is 7.53. The van der Waals surface area contributed by atoms with Crippen molar-refractivity contribution in [2.45, 2.75) is 39.8 Å². The van der Waals surface area contributed by atoms with E-state index in [0.717, 1.165) is 59.5 Å². The Hall–Kier alpha value is -3.97. The number of pyridine rings is 1. The van der Waals surface area contributed by atoms with Crippen LogP contribution in [0.3, 0.4) is 0 Å². The maximum atomic E-state index is 13.7. The van der Waals surface area contributed by atoms with Crippen LogP contribution >= 0.6 is 0 Å². The summed E-state index contributed by atoms with van der Waals surface area (Å²) in [4.78, 5) is 21.1. The Labute approximate surface area is 228 Å².